The number of carboxylic acids is 1. The number of amides is 1. The molecule has 21 heavy (non-hydrogen) atoms. The summed E-state index contributed by atoms with van der Waals surface area (Å²) >= 11 is 6.08. The van der Waals surface area contributed by atoms with E-state index in [1.165, 1.54) is 6.20 Å². The molecule has 1 heterocycles. The number of carbonyl (C=O) groups is 2. The molecule has 1 atom stereocenters. The summed E-state index contributed by atoms with van der Waals surface area (Å²) in [5.41, 5.74) is 0.929. The number of benzene rings is 1. The minimum Gasteiger partial charge on any atom is -0.481 e. The fourth-order valence-electron chi connectivity index (χ4n) is 1.91. The second-order valence-corrected chi connectivity index (χ2v) is 4.79. The van der Waals surface area contributed by atoms with E-state index in [0.717, 1.165) is 0 Å². The summed E-state index contributed by atoms with van der Waals surface area (Å²) in [6.07, 6.45) is 2.72. The first-order valence-electron chi connectivity index (χ1n) is 6.25. The maximum absolute atomic E-state index is 12.1. The summed E-state index contributed by atoms with van der Waals surface area (Å²) in [5, 5.41) is 12.1. The van der Waals surface area contributed by atoms with Crippen LogP contribution in [0.1, 0.15) is 28.4 Å². The highest BCUT2D eigenvalue weighted by atomic mass is 35.5. The van der Waals surface area contributed by atoms with Gasteiger partial charge in [-0.1, -0.05) is 29.8 Å². The Morgan fingerprint density at radius 2 is 2.00 bits per heavy atom. The van der Waals surface area contributed by atoms with Crippen LogP contribution in [0.4, 0.5) is 0 Å². The predicted octanol–water partition coefficient (Wildman–Crippen LogP) is 2.68. The average molecular weight is 305 g/mol. The Kier molecular flexibility index (Phi) is 4.90. The van der Waals surface area contributed by atoms with Crippen LogP contribution < -0.4 is 5.32 Å². The molecule has 108 valence electrons. The van der Waals surface area contributed by atoms with Crippen molar-refractivity contribution in [3.8, 4) is 0 Å². The number of nitrogens with one attached hydrogen (secondary N) is 1. The summed E-state index contributed by atoms with van der Waals surface area (Å²) in [5.74, 6) is -1.42. The number of hydrogen-bond donors (Lipinski definition) is 2. The molecule has 0 saturated heterocycles. The van der Waals surface area contributed by atoms with E-state index in [4.69, 9.17) is 16.7 Å². The van der Waals surface area contributed by atoms with Crippen LogP contribution in [0.3, 0.4) is 0 Å². The fourth-order valence-corrected chi connectivity index (χ4v) is 2.18. The number of hydrogen-bond acceptors (Lipinski definition) is 3. The summed E-state index contributed by atoms with van der Waals surface area (Å²) in [7, 11) is 0. The Bertz CT molecular complexity index is 646. The van der Waals surface area contributed by atoms with E-state index in [9.17, 15) is 9.59 Å². The zero-order valence-electron chi connectivity index (χ0n) is 11.0. The predicted molar refractivity (Wildman–Crippen MR) is 78.1 cm³/mol. The minimum absolute atomic E-state index is 0.254. The van der Waals surface area contributed by atoms with Gasteiger partial charge in [0.2, 0.25) is 0 Å². The summed E-state index contributed by atoms with van der Waals surface area (Å²) in [4.78, 5) is 27.0. The minimum atomic E-state index is -1.02. The fraction of sp³-hybridized carbons (Fsp3) is 0.133. The SMILES string of the molecule is O=C(O)C[C@@H](NC(=O)c1cccnc1)c1ccccc1Cl. The Hall–Kier alpha value is -2.40. The molecule has 0 bridgehead atoms. The molecule has 2 aromatic rings. The number of nitrogens with zero attached hydrogens (tertiary/aromatic N) is 1. The highest BCUT2D eigenvalue weighted by Gasteiger charge is 2.20. The van der Waals surface area contributed by atoms with Gasteiger partial charge in [-0.05, 0) is 23.8 Å². The standard InChI is InChI=1S/C15H13ClN2O3/c16-12-6-2-1-5-11(12)13(8-14(19)20)18-15(21)10-4-3-7-17-9-10/h1-7,9,13H,8H2,(H,18,21)(H,19,20)/t13-/m1/s1. The van der Waals surface area contributed by atoms with E-state index in [-0.39, 0.29) is 6.42 Å². The quantitative estimate of drug-likeness (QED) is 0.890. The van der Waals surface area contributed by atoms with Gasteiger partial charge in [0.25, 0.3) is 5.91 Å². The number of aliphatic carboxylic acids is 1. The van der Waals surface area contributed by atoms with Crippen molar-refractivity contribution in [2.75, 3.05) is 0 Å². The Morgan fingerprint density at radius 3 is 2.62 bits per heavy atom. The van der Waals surface area contributed by atoms with Crippen LogP contribution >= 0.6 is 11.6 Å². The van der Waals surface area contributed by atoms with Crippen molar-refractivity contribution in [2.24, 2.45) is 0 Å². The second kappa shape index (κ2) is 6.85. The van der Waals surface area contributed by atoms with Gasteiger partial charge in [0, 0.05) is 17.4 Å². The molecule has 0 aliphatic heterocycles. The molecule has 2 N–H and O–H groups in total. The number of rotatable bonds is 5. The maximum Gasteiger partial charge on any atom is 0.305 e. The molecule has 0 fully saturated rings. The van der Waals surface area contributed by atoms with Crippen molar-refractivity contribution in [3.05, 3.63) is 64.9 Å². The van der Waals surface area contributed by atoms with Gasteiger partial charge in [0.1, 0.15) is 0 Å². The third-order valence-electron chi connectivity index (χ3n) is 2.89. The van der Waals surface area contributed by atoms with E-state index in [0.29, 0.717) is 16.1 Å². The van der Waals surface area contributed by atoms with E-state index >= 15 is 0 Å². The summed E-state index contributed by atoms with van der Waals surface area (Å²) in [6.45, 7) is 0. The van der Waals surface area contributed by atoms with Gasteiger partial charge in [-0.15, -0.1) is 0 Å². The van der Waals surface area contributed by atoms with Gasteiger partial charge >= 0.3 is 5.97 Å². The third-order valence-corrected chi connectivity index (χ3v) is 3.23. The van der Waals surface area contributed by atoms with E-state index in [1.54, 1.807) is 42.6 Å². The van der Waals surface area contributed by atoms with Crippen LogP contribution in [0.25, 0.3) is 0 Å². The van der Waals surface area contributed by atoms with Crippen molar-refractivity contribution in [1.29, 1.82) is 0 Å². The first kappa shape index (κ1) is 15.0. The van der Waals surface area contributed by atoms with Crippen LogP contribution in [-0.4, -0.2) is 22.0 Å². The average Bonchev–Trinajstić information content (AvgIpc) is 2.47. The van der Waals surface area contributed by atoms with Crippen LogP contribution in [0.15, 0.2) is 48.8 Å². The molecule has 5 nitrogen and oxygen atoms in total. The molecule has 0 spiro atoms. The molecule has 0 unspecified atom stereocenters. The molecule has 1 aromatic heterocycles. The molecule has 0 aliphatic rings. The van der Waals surface area contributed by atoms with Gasteiger partial charge in [0.05, 0.1) is 18.0 Å². The lowest BCUT2D eigenvalue weighted by molar-refractivity contribution is -0.137. The van der Waals surface area contributed by atoms with E-state index < -0.39 is 17.9 Å². The smallest absolute Gasteiger partial charge is 0.305 e. The van der Waals surface area contributed by atoms with Gasteiger partial charge in [-0.2, -0.15) is 0 Å². The number of carbonyl (C=O) groups excluding carboxylic acids is 1. The van der Waals surface area contributed by atoms with Crippen molar-refractivity contribution in [2.45, 2.75) is 12.5 Å². The van der Waals surface area contributed by atoms with Gasteiger partial charge in [-0.3, -0.25) is 14.6 Å². The van der Waals surface area contributed by atoms with Gasteiger partial charge < -0.3 is 10.4 Å². The van der Waals surface area contributed by atoms with Crippen molar-refractivity contribution in [3.63, 3.8) is 0 Å². The lowest BCUT2D eigenvalue weighted by Crippen LogP contribution is -2.30. The van der Waals surface area contributed by atoms with Crippen LogP contribution in [-0.2, 0) is 4.79 Å². The molecule has 0 saturated carbocycles. The largest absolute Gasteiger partial charge is 0.481 e. The molecule has 1 aromatic carbocycles. The lowest BCUT2D eigenvalue weighted by Gasteiger charge is -2.18. The lowest BCUT2D eigenvalue weighted by atomic mass is 10.0. The number of aromatic nitrogens is 1. The monoisotopic (exact) mass is 304 g/mol. The molecule has 1 amide bonds. The molecular formula is C15H13ClN2O3. The van der Waals surface area contributed by atoms with Crippen molar-refractivity contribution in [1.82, 2.24) is 10.3 Å². The van der Waals surface area contributed by atoms with Crippen molar-refractivity contribution >= 4 is 23.5 Å². The van der Waals surface area contributed by atoms with Gasteiger partial charge in [0.15, 0.2) is 0 Å². The topological polar surface area (TPSA) is 79.3 Å². The Balaban J connectivity index is 2.23. The van der Waals surface area contributed by atoms with Crippen LogP contribution in [0, 0.1) is 0 Å². The molecule has 0 aliphatic carbocycles. The number of carboxylic acid groups (broad SMARTS) is 1. The third kappa shape index (κ3) is 4.03. The molecule has 2 rings (SSSR count). The zero-order chi connectivity index (χ0) is 15.2. The molecule has 6 heteroatoms. The number of halogens is 1. The molecular weight excluding hydrogens is 292 g/mol. The summed E-state index contributed by atoms with van der Waals surface area (Å²) in [6, 6.07) is 9.37. The number of pyridine rings is 1. The highest BCUT2D eigenvalue weighted by molar-refractivity contribution is 6.31. The first-order valence-corrected chi connectivity index (χ1v) is 6.63. The van der Waals surface area contributed by atoms with E-state index in [2.05, 4.69) is 10.3 Å². The normalized spacial score (nSPS) is 11.7. The van der Waals surface area contributed by atoms with Gasteiger partial charge in [-0.25, -0.2) is 0 Å². The maximum atomic E-state index is 12.1. The van der Waals surface area contributed by atoms with Crippen LogP contribution in [0.5, 0.6) is 0 Å². The molecule has 0 radical (unpaired) electrons. The highest BCUT2D eigenvalue weighted by Crippen LogP contribution is 2.25. The Morgan fingerprint density at radius 1 is 1.24 bits per heavy atom. The zero-order valence-corrected chi connectivity index (χ0v) is 11.7. The van der Waals surface area contributed by atoms with Crippen molar-refractivity contribution < 1.29 is 14.7 Å². The van der Waals surface area contributed by atoms with E-state index in [1.807, 2.05) is 0 Å². The van der Waals surface area contributed by atoms with Crippen LogP contribution in [0.2, 0.25) is 5.02 Å². The second-order valence-electron chi connectivity index (χ2n) is 4.39. The Labute approximate surface area is 126 Å². The first-order chi connectivity index (χ1) is 10.1. The summed E-state index contributed by atoms with van der Waals surface area (Å²) < 4.78 is 0.